The standard InChI is InChI=1S/C19H15ClN2O/c20-16-11-9-15(10-12-16)19(23)18(14-6-2-1-3-7-14)22-17-8-4-5-13-21-17/h1-13,18H,(H,21,22). The van der Waals surface area contributed by atoms with Crippen LogP contribution in [0.2, 0.25) is 5.02 Å². The molecule has 0 aliphatic carbocycles. The number of benzene rings is 2. The number of nitrogens with one attached hydrogen (secondary N) is 1. The molecule has 1 aromatic heterocycles. The highest BCUT2D eigenvalue weighted by molar-refractivity contribution is 6.30. The summed E-state index contributed by atoms with van der Waals surface area (Å²) >= 11 is 5.91. The smallest absolute Gasteiger partial charge is 0.189 e. The van der Waals surface area contributed by atoms with E-state index in [0.29, 0.717) is 16.4 Å². The van der Waals surface area contributed by atoms with Crippen LogP contribution in [-0.4, -0.2) is 10.8 Å². The highest BCUT2D eigenvalue weighted by atomic mass is 35.5. The van der Waals surface area contributed by atoms with Gasteiger partial charge in [0.05, 0.1) is 0 Å². The number of halogens is 1. The highest BCUT2D eigenvalue weighted by Crippen LogP contribution is 2.23. The topological polar surface area (TPSA) is 42.0 Å². The van der Waals surface area contributed by atoms with Crippen molar-refractivity contribution in [3.63, 3.8) is 0 Å². The highest BCUT2D eigenvalue weighted by Gasteiger charge is 2.22. The average molecular weight is 323 g/mol. The molecule has 0 amide bonds. The average Bonchev–Trinajstić information content (AvgIpc) is 2.61. The van der Waals surface area contributed by atoms with Gasteiger partial charge in [-0.1, -0.05) is 48.0 Å². The Balaban J connectivity index is 1.94. The largest absolute Gasteiger partial charge is 0.356 e. The normalized spacial score (nSPS) is 11.7. The lowest BCUT2D eigenvalue weighted by molar-refractivity contribution is 0.0969. The van der Waals surface area contributed by atoms with Crippen molar-refractivity contribution in [2.75, 3.05) is 5.32 Å². The van der Waals surface area contributed by atoms with Gasteiger partial charge in [-0.2, -0.15) is 0 Å². The molecule has 1 unspecified atom stereocenters. The third-order valence-corrected chi connectivity index (χ3v) is 3.73. The van der Waals surface area contributed by atoms with Gasteiger partial charge in [-0.3, -0.25) is 4.79 Å². The number of hydrogen-bond acceptors (Lipinski definition) is 3. The first-order chi connectivity index (χ1) is 11.2. The van der Waals surface area contributed by atoms with Gasteiger partial charge in [-0.25, -0.2) is 4.98 Å². The monoisotopic (exact) mass is 322 g/mol. The number of anilines is 1. The Hall–Kier alpha value is -2.65. The predicted octanol–water partition coefficient (Wildman–Crippen LogP) is 4.77. The van der Waals surface area contributed by atoms with Gasteiger partial charge >= 0.3 is 0 Å². The van der Waals surface area contributed by atoms with Crippen molar-refractivity contribution in [2.24, 2.45) is 0 Å². The van der Waals surface area contributed by atoms with E-state index in [1.165, 1.54) is 0 Å². The van der Waals surface area contributed by atoms with Crippen molar-refractivity contribution >= 4 is 23.2 Å². The van der Waals surface area contributed by atoms with Crippen LogP contribution >= 0.6 is 11.6 Å². The molecular formula is C19H15ClN2O. The number of aromatic nitrogens is 1. The maximum atomic E-state index is 12.9. The Morgan fingerprint density at radius 1 is 0.913 bits per heavy atom. The lowest BCUT2D eigenvalue weighted by Gasteiger charge is -2.19. The zero-order valence-electron chi connectivity index (χ0n) is 12.3. The van der Waals surface area contributed by atoms with Gasteiger partial charge in [-0.15, -0.1) is 0 Å². The van der Waals surface area contributed by atoms with Gasteiger partial charge in [-0.05, 0) is 42.0 Å². The SMILES string of the molecule is O=C(c1ccc(Cl)cc1)C(Nc1ccccn1)c1ccccc1. The van der Waals surface area contributed by atoms with Crippen LogP contribution < -0.4 is 5.32 Å². The first kappa shape index (κ1) is 15.3. The van der Waals surface area contributed by atoms with Gasteiger partial charge in [0.25, 0.3) is 0 Å². The Labute approximate surface area is 140 Å². The summed E-state index contributed by atoms with van der Waals surface area (Å²) in [6, 6.07) is 21.6. The van der Waals surface area contributed by atoms with Crippen molar-refractivity contribution < 1.29 is 4.79 Å². The minimum Gasteiger partial charge on any atom is -0.356 e. The molecule has 114 valence electrons. The third kappa shape index (κ3) is 3.76. The first-order valence-corrected chi connectivity index (χ1v) is 7.64. The fourth-order valence-electron chi connectivity index (χ4n) is 2.32. The summed E-state index contributed by atoms with van der Waals surface area (Å²) in [5.74, 6) is 0.627. The van der Waals surface area contributed by atoms with Crippen LogP contribution in [0.15, 0.2) is 79.0 Å². The molecule has 0 fully saturated rings. The van der Waals surface area contributed by atoms with Gasteiger partial charge in [0, 0.05) is 16.8 Å². The summed E-state index contributed by atoms with van der Waals surface area (Å²) in [7, 11) is 0. The quantitative estimate of drug-likeness (QED) is 0.688. The molecule has 1 N–H and O–H groups in total. The number of Topliss-reactive ketones (excluding diaryl/α,β-unsaturated/α-hetero) is 1. The maximum Gasteiger partial charge on any atom is 0.189 e. The molecule has 3 nitrogen and oxygen atoms in total. The molecule has 3 aromatic rings. The second-order valence-electron chi connectivity index (χ2n) is 5.07. The van der Waals surface area contributed by atoms with Crippen molar-refractivity contribution in [3.8, 4) is 0 Å². The summed E-state index contributed by atoms with van der Waals surface area (Å²) in [4.78, 5) is 17.2. The zero-order chi connectivity index (χ0) is 16.1. The van der Waals surface area contributed by atoms with E-state index in [1.807, 2.05) is 48.5 Å². The molecule has 0 saturated carbocycles. The predicted molar refractivity (Wildman–Crippen MR) is 92.8 cm³/mol. The number of nitrogens with zero attached hydrogens (tertiary/aromatic N) is 1. The number of carbonyl (C=O) groups excluding carboxylic acids is 1. The Bertz CT molecular complexity index is 773. The third-order valence-electron chi connectivity index (χ3n) is 3.48. The molecule has 3 rings (SSSR count). The molecule has 1 heterocycles. The van der Waals surface area contributed by atoms with E-state index in [2.05, 4.69) is 10.3 Å². The molecule has 0 bridgehead atoms. The lowest BCUT2D eigenvalue weighted by atomic mass is 9.97. The van der Waals surface area contributed by atoms with E-state index < -0.39 is 6.04 Å². The van der Waals surface area contributed by atoms with Crippen LogP contribution in [0.4, 0.5) is 5.82 Å². The van der Waals surface area contributed by atoms with Crippen LogP contribution in [0.25, 0.3) is 0 Å². The van der Waals surface area contributed by atoms with E-state index in [0.717, 1.165) is 5.56 Å². The molecule has 1 atom stereocenters. The van der Waals surface area contributed by atoms with Crippen LogP contribution in [0, 0.1) is 0 Å². The summed E-state index contributed by atoms with van der Waals surface area (Å²) in [5.41, 5.74) is 1.49. The summed E-state index contributed by atoms with van der Waals surface area (Å²) < 4.78 is 0. The Morgan fingerprint density at radius 2 is 1.61 bits per heavy atom. The fourth-order valence-corrected chi connectivity index (χ4v) is 2.45. The van der Waals surface area contributed by atoms with Crippen LogP contribution in [-0.2, 0) is 0 Å². The molecule has 23 heavy (non-hydrogen) atoms. The van der Waals surface area contributed by atoms with Crippen molar-refractivity contribution in [3.05, 3.63) is 95.1 Å². The van der Waals surface area contributed by atoms with Crippen molar-refractivity contribution in [1.29, 1.82) is 0 Å². The lowest BCUT2D eigenvalue weighted by Crippen LogP contribution is -2.21. The molecule has 0 aliphatic heterocycles. The minimum absolute atomic E-state index is 0.0291. The fraction of sp³-hybridized carbons (Fsp3) is 0.0526. The van der Waals surface area contributed by atoms with Gasteiger partial charge in [0.15, 0.2) is 5.78 Å². The molecule has 4 heteroatoms. The summed E-state index contributed by atoms with van der Waals surface area (Å²) in [6.45, 7) is 0. The molecule has 0 spiro atoms. The van der Waals surface area contributed by atoms with Crippen LogP contribution in [0.5, 0.6) is 0 Å². The van der Waals surface area contributed by atoms with E-state index in [-0.39, 0.29) is 5.78 Å². The Kier molecular flexibility index (Phi) is 4.69. The maximum absolute atomic E-state index is 12.9. The second-order valence-corrected chi connectivity index (χ2v) is 5.51. The van der Waals surface area contributed by atoms with E-state index in [1.54, 1.807) is 30.5 Å². The molecule has 0 saturated heterocycles. The van der Waals surface area contributed by atoms with Gasteiger partial charge < -0.3 is 5.32 Å². The molecular weight excluding hydrogens is 308 g/mol. The van der Waals surface area contributed by atoms with Crippen LogP contribution in [0.3, 0.4) is 0 Å². The second kappa shape index (κ2) is 7.07. The minimum atomic E-state index is -0.507. The number of pyridine rings is 1. The van der Waals surface area contributed by atoms with Crippen molar-refractivity contribution in [1.82, 2.24) is 4.98 Å². The number of rotatable bonds is 5. The Morgan fingerprint density at radius 3 is 2.26 bits per heavy atom. The van der Waals surface area contributed by atoms with E-state index in [4.69, 9.17) is 11.6 Å². The first-order valence-electron chi connectivity index (χ1n) is 7.26. The number of carbonyl (C=O) groups is 1. The van der Waals surface area contributed by atoms with Gasteiger partial charge in [0.2, 0.25) is 0 Å². The van der Waals surface area contributed by atoms with Crippen molar-refractivity contribution in [2.45, 2.75) is 6.04 Å². The van der Waals surface area contributed by atoms with E-state index >= 15 is 0 Å². The van der Waals surface area contributed by atoms with Gasteiger partial charge in [0.1, 0.15) is 11.9 Å². The number of ketones is 1. The summed E-state index contributed by atoms with van der Waals surface area (Å²) in [5, 5.41) is 3.82. The summed E-state index contributed by atoms with van der Waals surface area (Å²) in [6.07, 6.45) is 1.69. The zero-order valence-corrected chi connectivity index (χ0v) is 13.1. The van der Waals surface area contributed by atoms with Crippen LogP contribution in [0.1, 0.15) is 22.0 Å². The molecule has 0 aliphatic rings. The number of hydrogen-bond donors (Lipinski definition) is 1. The molecule has 2 aromatic carbocycles. The molecule has 0 radical (unpaired) electrons. The van der Waals surface area contributed by atoms with E-state index in [9.17, 15) is 4.79 Å².